The van der Waals surface area contributed by atoms with Crippen LogP contribution in [0.1, 0.15) is 19.4 Å². The predicted molar refractivity (Wildman–Crippen MR) is 94.9 cm³/mol. The van der Waals surface area contributed by atoms with Crippen molar-refractivity contribution < 1.29 is 0 Å². The molecule has 0 radical (unpaired) electrons. The van der Waals surface area contributed by atoms with Gasteiger partial charge in [-0.05, 0) is 23.6 Å². The molecule has 0 amide bonds. The highest BCUT2D eigenvalue weighted by atomic mass is 127. The summed E-state index contributed by atoms with van der Waals surface area (Å²) < 4.78 is 0. The fourth-order valence-electron chi connectivity index (χ4n) is 1.37. The summed E-state index contributed by atoms with van der Waals surface area (Å²) in [4.78, 5) is 4.15. The van der Waals surface area contributed by atoms with Gasteiger partial charge in [-0.3, -0.25) is 4.99 Å². The van der Waals surface area contributed by atoms with Gasteiger partial charge in [0.2, 0.25) is 0 Å². The molecular formula is C13H20Cl2IN3. The molecule has 1 aromatic rings. The molecule has 0 aliphatic rings. The number of halogens is 3. The predicted octanol–water partition coefficient (Wildman–Crippen LogP) is 3.93. The number of guanidine groups is 1. The van der Waals surface area contributed by atoms with Gasteiger partial charge in [0, 0.05) is 30.2 Å². The molecular weight excluding hydrogens is 396 g/mol. The normalized spacial score (nSPS) is 11.2. The number of rotatable bonds is 4. The smallest absolute Gasteiger partial charge is 0.191 e. The Morgan fingerprint density at radius 3 is 2.47 bits per heavy atom. The number of aliphatic imine (C=N–C) groups is 1. The van der Waals surface area contributed by atoms with E-state index in [-0.39, 0.29) is 24.0 Å². The molecule has 0 atom stereocenters. The topological polar surface area (TPSA) is 36.4 Å². The summed E-state index contributed by atoms with van der Waals surface area (Å²) in [5.74, 6) is 1.34. The van der Waals surface area contributed by atoms with Gasteiger partial charge in [0.15, 0.2) is 5.96 Å². The quantitative estimate of drug-likeness (QED) is 0.444. The molecule has 2 N–H and O–H groups in total. The molecule has 0 bridgehead atoms. The van der Waals surface area contributed by atoms with Crippen LogP contribution in [0.2, 0.25) is 10.0 Å². The van der Waals surface area contributed by atoms with Crippen LogP contribution in [0.3, 0.4) is 0 Å². The lowest BCUT2D eigenvalue weighted by Gasteiger charge is -2.14. The van der Waals surface area contributed by atoms with Crippen molar-refractivity contribution in [3.8, 4) is 0 Å². The second kappa shape index (κ2) is 9.66. The van der Waals surface area contributed by atoms with Gasteiger partial charge in [0.25, 0.3) is 0 Å². The van der Waals surface area contributed by atoms with Crippen molar-refractivity contribution in [1.29, 1.82) is 0 Å². The molecule has 0 saturated heterocycles. The minimum absolute atomic E-state index is 0. The zero-order chi connectivity index (χ0) is 13.5. The minimum Gasteiger partial charge on any atom is -0.356 e. The van der Waals surface area contributed by atoms with Crippen LogP contribution in [-0.2, 0) is 6.54 Å². The molecule has 0 heterocycles. The lowest BCUT2D eigenvalue weighted by Crippen LogP contribution is -2.38. The number of hydrogen-bond donors (Lipinski definition) is 2. The summed E-state index contributed by atoms with van der Waals surface area (Å²) in [7, 11) is 1.75. The molecule has 1 aromatic carbocycles. The van der Waals surface area contributed by atoms with Crippen LogP contribution in [0, 0.1) is 5.92 Å². The van der Waals surface area contributed by atoms with Gasteiger partial charge in [-0.1, -0.05) is 43.1 Å². The third-order valence-electron chi connectivity index (χ3n) is 2.36. The molecule has 0 aliphatic heterocycles. The van der Waals surface area contributed by atoms with E-state index in [1.54, 1.807) is 13.1 Å². The Hall–Kier alpha value is -0.200. The van der Waals surface area contributed by atoms with E-state index >= 15 is 0 Å². The molecule has 108 valence electrons. The Morgan fingerprint density at radius 1 is 1.26 bits per heavy atom. The summed E-state index contributed by atoms with van der Waals surface area (Å²) in [5.41, 5.74) is 0.994. The highest BCUT2D eigenvalue weighted by molar-refractivity contribution is 14.0. The van der Waals surface area contributed by atoms with Crippen LogP contribution in [0.4, 0.5) is 0 Å². The van der Waals surface area contributed by atoms with Crippen molar-refractivity contribution in [2.45, 2.75) is 20.4 Å². The zero-order valence-corrected chi connectivity index (χ0v) is 15.2. The van der Waals surface area contributed by atoms with Crippen LogP contribution >= 0.6 is 47.2 Å². The largest absolute Gasteiger partial charge is 0.356 e. The number of nitrogens with zero attached hydrogens (tertiary/aromatic N) is 1. The highest BCUT2D eigenvalue weighted by Gasteiger charge is 2.03. The summed E-state index contributed by atoms with van der Waals surface area (Å²) in [6, 6.07) is 5.48. The maximum absolute atomic E-state index is 6.10. The maximum Gasteiger partial charge on any atom is 0.191 e. The van der Waals surface area contributed by atoms with Crippen molar-refractivity contribution in [3.05, 3.63) is 33.8 Å². The number of benzene rings is 1. The van der Waals surface area contributed by atoms with Crippen molar-refractivity contribution in [2.24, 2.45) is 10.9 Å². The van der Waals surface area contributed by atoms with Gasteiger partial charge in [-0.25, -0.2) is 0 Å². The zero-order valence-electron chi connectivity index (χ0n) is 11.3. The molecule has 0 spiro atoms. The molecule has 19 heavy (non-hydrogen) atoms. The molecule has 0 aromatic heterocycles. The van der Waals surface area contributed by atoms with Crippen LogP contribution in [0.15, 0.2) is 23.2 Å². The van der Waals surface area contributed by atoms with Gasteiger partial charge < -0.3 is 10.6 Å². The van der Waals surface area contributed by atoms with E-state index in [0.717, 1.165) is 18.1 Å². The average molecular weight is 416 g/mol. The second-order valence-corrected chi connectivity index (χ2v) is 5.28. The molecule has 0 aliphatic carbocycles. The van der Waals surface area contributed by atoms with Crippen molar-refractivity contribution in [1.82, 2.24) is 10.6 Å². The molecule has 0 fully saturated rings. The van der Waals surface area contributed by atoms with Gasteiger partial charge >= 0.3 is 0 Å². The Kier molecular flexibility index (Phi) is 9.56. The lowest BCUT2D eigenvalue weighted by molar-refractivity contribution is 0.614. The Labute approximate surface area is 142 Å². The van der Waals surface area contributed by atoms with Gasteiger partial charge in [0.05, 0.1) is 0 Å². The second-order valence-electron chi connectivity index (χ2n) is 4.44. The third-order valence-corrected chi connectivity index (χ3v) is 2.95. The number of hydrogen-bond acceptors (Lipinski definition) is 1. The van der Waals surface area contributed by atoms with Crippen LogP contribution < -0.4 is 10.6 Å². The van der Waals surface area contributed by atoms with E-state index < -0.39 is 0 Å². The van der Waals surface area contributed by atoms with Gasteiger partial charge in [0.1, 0.15) is 0 Å². The maximum atomic E-state index is 6.10. The fraction of sp³-hybridized carbons (Fsp3) is 0.462. The Balaban J connectivity index is 0.00000324. The van der Waals surface area contributed by atoms with Gasteiger partial charge in [-0.2, -0.15) is 0 Å². The van der Waals surface area contributed by atoms with Crippen LogP contribution in [0.5, 0.6) is 0 Å². The van der Waals surface area contributed by atoms with Crippen LogP contribution in [0.25, 0.3) is 0 Å². The first kappa shape index (κ1) is 18.8. The monoisotopic (exact) mass is 415 g/mol. The Bertz CT molecular complexity index is 422. The molecule has 0 saturated carbocycles. The first-order valence-electron chi connectivity index (χ1n) is 5.91. The van der Waals surface area contributed by atoms with E-state index in [1.807, 2.05) is 12.1 Å². The van der Waals surface area contributed by atoms with E-state index in [4.69, 9.17) is 23.2 Å². The molecule has 3 nitrogen and oxygen atoms in total. The van der Waals surface area contributed by atoms with Crippen molar-refractivity contribution in [3.63, 3.8) is 0 Å². The molecule has 0 unspecified atom stereocenters. The molecule has 1 rings (SSSR count). The van der Waals surface area contributed by atoms with Crippen molar-refractivity contribution in [2.75, 3.05) is 13.6 Å². The summed E-state index contributed by atoms with van der Waals surface area (Å²) in [5, 5.41) is 7.76. The Morgan fingerprint density at radius 2 is 1.95 bits per heavy atom. The van der Waals surface area contributed by atoms with E-state index in [1.165, 1.54) is 0 Å². The number of nitrogens with one attached hydrogen (secondary N) is 2. The third kappa shape index (κ3) is 7.22. The fourth-order valence-corrected chi connectivity index (χ4v) is 1.84. The highest BCUT2D eigenvalue weighted by Crippen LogP contribution is 2.20. The SMILES string of the molecule is CN=C(NCc1ccc(Cl)cc1Cl)NCC(C)C.I. The average Bonchev–Trinajstić information content (AvgIpc) is 2.31. The van der Waals surface area contributed by atoms with Crippen molar-refractivity contribution >= 4 is 53.1 Å². The van der Waals surface area contributed by atoms with Crippen LogP contribution in [-0.4, -0.2) is 19.6 Å². The van der Waals surface area contributed by atoms with Gasteiger partial charge in [-0.15, -0.1) is 24.0 Å². The standard InChI is InChI=1S/C13H19Cl2N3.HI/c1-9(2)7-17-13(16-3)18-8-10-4-5-11(14)6-12(10)15;/h4-6,9H,7-8H2,1-3H3,(H2,16,17,18);1H. The van der Waals surface area contributed by atoms with E-state index in [9.17, 15) is 0 Å². The summed E-state index contributed by atoms with van der Waals surface area (Å²) in [6.07, 6.45) is 0. The minimum atomic E-state index is 0. The summed E-state index contributed by atoms with van der Waals surface area (Å²) in [6.45, 7) is 5.80. The molecule has 6 heteroatoms. The first-order chi connectivity index (χ1) is 8.52. The lowest BCUT2D eigenvalue weighted by atomic mass is 10.2. The van der Waals surface area contributed by atoms with E-state index in [2.05, 4.69) is 29.5 Å². The first-order valence-corrected chi connectivity index (χ1v) is 6.67. The summed E-state index contributed by atoms with van der Waals surface area (Å²) >= 11 is 11.9. The van der Waals surface area contributed by atoms with E-state index in [0.29, 0.717) is 22.5 Å².